The van der Waals surface area contributed by atoms with E-state index in [-0.39, 0.29) is 36.5 Å². The topological polar surface area (TPSA) is 44.8 Å². The summed E-state index contributed by atoms with van der Waals surface area (Å²) in [6.45, 7) is 3.94. The van der Waals surface area contributed by atoms with Crippen LogP contribution in [0.15, 0.2) is 18.2 Å². The van der Waals surface area contributed by atoms with Crippen molar-refractivity contribution in [1.82, 2.24) is 0 Å². The summed E-state index contributed by atoms with van der Waals surface area (Å²) in [5, 5.41) is 0. The smallest absolute Gasteiger partial charge is 0.188 e. The zero-order valence-electron chi connectivity index (χ0n) is 12.6. The minimum atomic E-state index is -0.545. The fourth-order valence-corrected chi connectivity index (χ4v) is 2.60. The van der Waals surface area contributed by atoms with Crippen LogP contribution in [0.25, 0.3) is 0 Å². The lowest BCUT2D eigenvalue weighted by Crippen LogP contribution is -2.35. The molecule has 0 radical (unpaired) electrons. The highest BCUT2D eigenvalue weighted by molar-refractivity contribution is 5.97. The van der Waals surface area contributed by atoms with Gasteiger partial charge in [-0.05, 0) is 44.9 Å². The van der Waals surface area contributed by atoms with Gasteiger partial charge in [0.2, 0.25) is 0 Å². The molecule has 0 aromatic heterocycles. The van der Waals surface area contributed by atoms with Crippen molar-refractivity contribution in [3.8, 4) is 5.75 Å². The molecule has 1 aromatic carbocycles. The molecule has 0 spiro atoms. The summed E-state index contributed by atoms with van der Waals surface area (Å²) in [6.07, 6.45) is 1.82. The lowest BCUT2D eigenvalue weighted by Gasteiger charge is -2.31. The van der Waals surface area contributed by atoms with Gasteiger partial charge < -0.3 is 14.2 Å². The third-order valence-electron chi connectivity index (χ3n) is 3.58. The molecule has 1 aliphatic rings. The molecule has 1 aromatic rings. The Morgan fingerprint density at radius 3 is 2.57 bits per heavy atom. The Morgan fingerprint density at radius 2 is 2.00 bits per heavy atom. The monoisotopic (exact) mass is 296 g/mol. The molecule has 21 heavy (non-hydrogen) atoms. The van der Waals surface area contributed by atoms with Crippen LogP contribution < -0.4 is 4.74 Å². The Labute approximate surface area is 124 Å². The van der Waals surface area contributed by atoms with Crippen molar-refractivity contribution in [2.24, 2.45) is 0 Å². The maximum Gasteiger partial charge on any atom is 0.188 e. The second-order valence-corrected chi connectivity index (χ2v) is 5.43. The van der Waals surface area contributed by atoms with E-state index < -0.39 is 5.82 Å². The first-order chi connectivity index (χ1) is 9.99. The molecule has 0 N–H and O–H groups in total. The van der Waals surface area contributed by atoms with Crippen LogP contribution in [0.1, 0.15) is 37.0 Å². The largest absolute Gasteiger partial charge is 0.494 e. The zero-order chi connectivity index (χ0) is 15.4. The van der Waals surface area contributed by atoms with Crippen molar-refractivity contribution >= 4 is 5.78 Å². The van der Waals surface area contributed by atoms with Gasteiger partial charge in [-0.1, -0.05) is 0 Å². The van der Waals surface area contributed by atoms with E-state index in [0.717, 1.165) is 12.8 Å². The lowest BCUT2D eigenvalue weighted by molar-refractivity contribution is -0.0975. The summed E-state index contributed by atoms with van der Waals surface area (Å²) < 4.78 is 29.7. The summed E-state index contributed by atoms with van der Waals surface area (Å²) in [5.41, 5.74) is 0.293. The number of carbonyl (C=O) groups is 1. The van der Waals surface area contributed by atoms with Crippen molar-refractivity contribution in [3.05, 3.63) is 29.6 Å². The van der Waals surface area contributed by atoms with Crippen LogP contribution in [0, 0.1) is 5.82 Å². The van der Waals surface area contributed by atoms with Crippen LogP contribution in [0.3, 0.4) is 0 Å². The number of methoxy groups -OCH3 is 1. The fourth-order valence-electron chi connectivity index (χ4n) is 2.60. The summed E-state index contributed by atoms with van der Waals surface area (Å²) in [6, 6.07) is 4.17. The van der Waals surface area contributed by atoms with Crippen molar-refractivity contribution in [3.63, 3.8) is 0 Å². The predicted molar refractivity (Wildman–Crippen MR) is 76.3 cm³/mol. The maximum atomic E-state index is 13.6. The molecule has 1 saturated heterocycles. The zero-order valence-corrected chi connectivity index (χ0v) is 12.6. The van der Waals surface area contributed by atoms with Crippen molar-refractivity contribution in [2.45, 2.75) is 45.0 Å². The second kappa shape index (κ2) is 7.00. The number of ether oxygens (including phenoxy) is 3. The number of ketones is 1. The molecule has 2 rings (SSSR count). The highest BCUT2D eigenvalue weighted by Crippen LogP contribution is 2.22. The van der Waals surface area contributed by atoms with Gasteiger partial charge >= 0.3 is 0 Å². The standard InChI is InChI=1S/C16H21FO4/c1-10-6-13(7-11(2)21-10)20-9-15(18)12-4-5-16(19-3)14(17)8-12/h4-5,8,10-11,13H,6-7,9H2,1-3H3. The van der Waals surface area contributed by atoms with Gasteiger partial charge in [-0.25, -0.2) is 4.39 Å². The van der Waals surface area contributed by atoms with Gasteiger partial charge in [-0.15, -0.1) is 0 Å². The van der Waals surface area contributed by atoms with E-state index in [2.05, 4.69) is 0 Å². The summed E-state index contributed by atoms with van der Waals surface area (Å²) in [7, 11) is 1.39. The van der Waals surface area contributed by atoms with Gasteiger partial charge in [0.25, 0.3) is 0 Å². The molecule has 0 aliphatic carbocycles. The average Bonchev–Trinajstić information content (AvgIpc) is 2.43. The van der Waals surface area contributed by atoms with Crippen LogP contribution in [0.2, 0.25) is 0 Å². The first-order valence-corrected chi connectivity index (χ1v) is 7.13. The molecule has 0 saturated carbocycles. The minimum Gasteiger partial charge on any atom is -0.494 e. The van der Waals surface area contributed by atoms with Gasteiger partial charge in [0.15, 0.2) is 17.3 Å². The molecular formula is C16H21FO4. The van der Waals surface area contributed by atoms with E-state index in [0.29, 0.717) is 5.56 Å². The number of rotatable bonds is 5. The van der Waals surface area contributed by atoms with Crippen LogP contribution in [-0.4, -0.2) is 37.8 Å². The van der Waals surface area contributed by atoms with Gasteiger partial charge in [0, 0.05) is 5.56 Å². The first kappa shape index (κ1) is 15.9. The predicted octanol–water partition coefficient (Wildman–Crippen LogP) is 2.99. The summed E-state index contributed by atoms with van der Waals surface area (Å²) in [5.74, 6) is -0.653. The third-order valence-corrected chi connectivity index (χ3v) is 3.58. The summed E-state index contributed by atoms with van der Waals surface area (Å²) >= 11 is 0. The van der Waals surface area contributed by atoms with Gasteiger partial charge in [0.05, 0.1) is 25.4 Å². The highest BCUT2D eigenvalue weighted by atomic mass is 19.1. The molecule has 0 bridgehead atoms. The van der Waals surface area contributed by atoms with E-state index in [4.69, 9.17) is 14.2 Å². The molecule has 2 atom stereocenters. The SMILES string of the molecule is COc1ccc(C(=O)COC2CC(C)OC(C)C2)cc1F. The Hall–Kier alpha value is -1.46. The van der Waals surface area contributed by atoms with Crippen molar-refractivity contribution in [2.75, 3.05) is 13.7 Å². The normalized spacial score (nSPS) is 25.6. The number of hydrogen-bond acceptors (Lipinski definition) is 4. The van der Waals surface area contributed by atoms with Crippen LogP contribution >= 0.6 is 0 Å². The minimum absolute atomic E-state index is 0.01000. The molecule has 1 aliphatic heterocycles. The van der Waals surface area contributed by atoms with Crippen LogP contribution in [0.4, 0.5) is 4.39 Å². The Morgan fingerprint density at radius 1 is 1.33 bits per heavy atom. The van der Waals surface area contributed by atoms with Crippen LogP contribution in [0.5, 0.6) is 5.75 Å². The molecule has 4 nitrogen and oxygen atoms in total. The quantitative estimate of drug-likeness (QED) is 0.784. The number of carbonyl (C=O) groups excluding carboxylic acids is 1. The fraction of sp³-hybridized carbons (Fsp3) is 0.562. The Kier molecular flexibility index (Phi) is 5.31. The van der Waals surface area contributed by atoms with Gasteiger partial charge in [-0.3, -0.25) is 4.79 Å². The van der Waals surface area contributed by atoms with E-state index in [1.165, 1.54) is 19.2 Å². The molecule has 116 valence electrons. The van der Waals surface area contributed by atoms with Crippen molar-refractivity contribution in [1.29, 1.82) is 0 Å². The first-order valence-electron chi connectivity index (χ1n) is 7.13. The summed E-state index contributed by atoms with van der Waals surface area (Å²) in [4.78, 5) is 12.0. The number of halogens is 1. The lowest BCUT2D eigenvalue weighted by atomic mass is 10.0. The molecular weight excluding hydrogens is 275 g/mol. The van der Waals surface area contributed by atoms with E-state index in [1.54, 1.807) is 6.07 Å². The highest BCUT2D eigenvalue weighted by Gasteiger charge is 2.25. The van der Waals surface area contributed by atoms with E-state index in [9.17, 15) is 9.18 Å². The molecule has 1 heterocycles. The van der Waals surface area contributed by atoms with E-state index in [1.807, 2.05) is 13.8 Å². The molecule has 1 fully saturated rings. The average molecular weight is 296 g/mol. The van der Waals surface area contributed by atoms with Gasteiger partial charge in [0.1, 0.15) is 6.61 Å². The van der Waals surface area contributed by atoms with Gasteiger partial charge in [-0.2, -0.15) is 0 Å². The van der Waals surface area contributed by atoms with Crippen molar-refractivity contribution < 1.29 is 23.4 Å². The Bertz CT molecular complexity index is 493. The number of Topliss-reactive ketones (excluding diaryl/α,β-unsaturated/α-hetero) is 1. The molecule has 2 unspecified atom stereocenters. The number of hydrogen-bond donors (Lipinski definition) is 0. The third kappa shape index (κ3) is 4.25. The molecule has 0 amide bonds. The second-order valence-electron chi connectivity index (χ2n) is 5.43. The molecule has 5 heteroatoms. The Balaban J connectivity index is 1.91. The number of benzene rings is 1. The van der Waals surface area contributed by atoms with E-state index >= 15 is 0 Å². The van der Waals surface area contributed by atoms with Crippen LogP contribution in [-0.2, 0) is 9.47 Å². The maximum absolute atomic E-state index is 13.6.